The first-order chi connectivity index (χ1) is 7.64. The second-order valence-corrected chi connectivity index (χ2v) is 4.45. The Bertz CT molecular complexity index is 417. The Labute approximate surface area is 95.9 Å². The van der Waals surface area contributed by atoms with Gasteiger partial charge in [-0.2, -0.15) is 0 Å². The predicted molar refractivity (Wildman–Crippen MR) is 63.7 cm³/mol. The van der Waals surface area contributed by atoms with Crippen LogP contribution in [0.5, 0.6) is 5.75 Å². The van der Waals surface area contributed by atoms with Crippen LogP contribution in [0, 0.1) is 0 Å². The van der Waals surface area contributed by atoms with Crippen molar-refractivity contribution in [2.45, 2.75) is 25.2 Å². The summed E-state index contributed by atoms with van der Waals surface area (Å²) < 4.78 is 5.13. The van der Waals surface area contributed by atoms with E-state index in [1.165, 1.54) is 5.56 Å². The molecule has 0 aromatic heterocycles. The summed E-state index contributed by atoms with van der Waals surface area (Å²) >= 11 is 0. The van der Waals surface area contributed by atoms with Crippen LogP contribution in [0.4, 0.5) is 0 Å². The van der Waals surface area contributed by atoms with Gasteiger partial charge in [-0.3, -0.25) is 4.79 Å². The summed E-state index contributed by atoms with van der Waals surface area (Å²) in [6.45, 7) is 2.16. The third kappa shape index (κ3) is 2.01. The van der Waals surface area contributed by atoms with Crippen molar-refractivity contribution in [3.8, 4) is 5.75 Å². The molecule has 0 fully saturated rings. The van der Waals surface area contributed by atoms with Crippen LogP contribution in [0.3, 0.4) is 0 Å². The van der Waals surface area contributed by atoms with Crippen molar-refractivity contribution in [1.82, 2.24) is 0 Å². The Morgan fingerprint density at radius 1 is 1.25 bits per heavy atom. The van der Waals surface area contributed by atoms with Crippen molar-refractivity contribution in [2.24, 2.45) is 0 Å². The summed E-state index contributed by atoms with van der Waals surface area (Å²) in [6, 6.07) is 8.06. The minimum absolute atomic E-state index is 0.0137. The van der Waals surface area contributed by atoms with Crippen LogP contribution >= 0.6 is 0 Å². The highest BCUT2D eigenvalue weighted by molar-refractivity contribution is 5.91. The second kappa shape index (κ2) is 4.12. The summed E-state index contributed by atoms with van der Waals surface area (Å²) in [5.74, 6) is 1.09. The van der Waals surface area contributed by atoms with Crippen molar-refractivity contribution in [3.63, 3.8) is 0 Å². The average molecular weight is 216 g/mol. The van der Waals surface area contributed by atoms with Gasteiger partial charge < -0.3 is 4.74 Å². The molecule has 1 aliphatic rings. The maximum atomic E-state index is 11.2. The monoisotopic (exact) mass is 216 g/mol. The van der Waals surface area contributed by atoms with E-state index in [0.717, 1.165) is 12.2 Å². The summed E-state index contributed by atoms with van der Waals surface area (Å²) in [5, 5.41) is 0. The molecule has 0 saturated heterocycles. The van der Waals surface area contributed by atoms with Gasteiger partial charge in [0.2, 0.25) is 0 Å². The molecule has 1 aromatic rings. The maximum Gasteiger partial charge on any atom is 0.155 e. The molecule has 0 bridgehead atoms. The van der Waals surface area contributed by atoms with Crippen molar-refractivity contribution in [3.05, 3.63) is 42.0 Å². The van der Waals surface area contributed by atoms with Crippen molar-refractivity contribution in [2.75, 3.05) is 7.11 Å². The van der Waals surface area contributed by atoms with Gasteiger partial charge in [0.1, 0.15) is 5.75 Å². The molecule has 2 rings (SSSR count). The van der Waals surface area contributed by atoms with Crippen LogP contribution in [0.15, 0.2) is 36.4 Å². The maximum absolute atomic E-state index is 11.2. The van der Waals surface area contributed by atoms with E-state index in [9.17, 15) is 4.79 Å². The fourth-order valence-corrected chi connectivity index (χ4v) is 2.04. The Hall–Kier alpha value is -1.57. The number of carbonyl (C=O) groups excluding carboxylic acids is 1. The zero-order chi connectivity index (χ0) is 11.6. The van der Waals surface area contributed by atoms with E-state index in [-0.39, 0.29) is 11.2 Å². The van der Waals surface area contributed by atoms with Crippen LogP contribution in [0.25, 0.3) is 0 Å². The summed E-state index contributed by atoms with van der Waals surface area (Å²) in [5.41, 5.74) is 1.22. The Morgan fingerprint density at radius 2 is 1.94 bits per heavy atom. The smallest absolute Gasteiger partial charge is 0.155 e. The molecule has 0 heterocycles. The fourth-order valence-electron chi connectivity index (χ4n) is 2.04. The third-order valence-electron chi connectivity index (χ3n) is 3.28. The van der Waals surface area contributed by atoms with E-state index in [2.05, 4.69) is 19.1 Å². The molecule has 1 aliphatic carbocycles. The lowest BCUT2D eigenvalue weighted by Crippen LogP contribution is -2.23. The molecule has 2 heteroatoms. The number of rotatable bonds is 2. The van der Waals surface area contributed by atoms with Gasteiger partial charge in [0.15, 0.2) is 5.78 Å². The largest absolute Gasteiger partial charge is 0.497 e. The number of ether oxygens (including phenoxy) is 1. The van der Waals surface area contributed by atoms with Gasteiger partial charge in [-0.25, -0.2) is 0 Å². The first kappa shape index (κ1) is 10.9. The lowest BCUT2D eigenvalue weighted by atomic mass is 9.75. The van der Waals surface area contributed by atoms with Gasteiger partial charge in [0, 0.05) is 11.8 Å². The Balaban J connectivity index is 2.29. The lowest BCUT2D eigenvalue weighted by molar-refractivity contribution is -0.115. The molecule has 0 spiro atoms. The van der Waals surface area contributed by atoms with E-state index in [1.807, 2.05) is 18.2 Å². The van der Waals surface area contributed by atoms with Crippen molar-refractivity contribution >= 4 is 5.78 Å². The first-order valence-corrected chi connectivity index (χ1v) is 5.51. The number of ketones is 1. The molecule has 1 unspecified atom stereocenters. The Morgan fingerprint density at radius 3 is 2.44 bits per heavy atom. The molecule has 2 nitrogen and oxygen atoms in total. The minimum atomic E-state index is -0.0137. The second-order valence-electron chi connectivity index (χ2n) is 4.45. The molecule has 0 aliphatic heterocycles. The lowest BCUT2D eigenvalue weighted by Gasteiger charge is -2.29. The molecule has 0 N–H and O–H groups in total. The standard InChI is InChI=1S/C14H16O2/c1-14(9-7-12(15)8-10-14)11-3-5-13(16-2)6-4-11/h3-7,9H,8,10H2,1-2H3. The SMILES string of the molecule is COc1ccc(C2(C)C=CC(=O)CC2)cc1. The molecule has 84 valence electrons. The summed E-state index contributed by atoms with van der Waals surface area (Å²) in [7, 11) is 1.66. The van der Waals surface area contributed by atoms with Crippen molar-refractivity contribution in [1.29, 1.82) is 0 Å². The fraction of sp³-hybridized carbons (Fsp3) is 0.357. The van der Waals surface area contributed by atoms with Crippen molar-refractivity contribution < 1.29 is 9.53 Å². The molecular weight excluding hydrogens is 200 g/mol. The van der Waals surface area contributed by atoms with Crippen LogP contribution in [0.2, 0.25) is 0 Å². The van der Waals surface area contributed by atoms with Gasteiger partial charge in [-0.1, -0.05) is 25.1 Å². The van der Waals surface area contributed by atoms with Crippen LogP contribution in [-0.4, -0.2) is 12.9 Å². The van der Waals surface area contributed by atoms with Crippen LogP contribution < -0.4 is 4.74 Å². The third-order valence-corrected chi connectivity index (χ3v) is 3.28. The van der Waals surface area contributed by atoms with Gasteiger partial charge >= 0.3 is 0 Å². The first-order valence-electron chi connectivity index (χ1n) is 5.51. The van der Waals surface area contributed by atoms with E-state index in [1.54, 1.807) is 13.2 Å². The van der Waals surface area contributed by atoms with Crippen LogP contribution in [-0.2, 0) is 10.2 Å². The quantitative estimate of drug-likeness (QED) is 0.759. The van der Waals surface area contributed by atoms with E-state index in [4.69, 9.17) is 4.74 Å². The van der Waals surface area contributed by atoms with Gasteiger partial charge in [0.05, 0.1) is 7.11 Å². The molecule has 1 atom stereocenters. The number of benzene rings is 1. The molecule has 0 saturated carbocycles. The number of allylic oxidation sites excluding steroid dienone is 2. The van der Waals surface area contributed by atoms with E-state index < -0.39 is 0 Å². The molecular formula is C14H16O2. The molecule has 1 aromatic carbocycles. The highest BCUT2D eigenvalue weighted by atomic mass is 16.5. The highest BCUT2D eigenvalue weighted by Crippen LogP contribution is 2.34. The minimum Gasteiger partial charge on any atom is -0.497 e. The zero-order valence-corrected chi connectivity index (χ0v) is 9.69. The normalized spacial score (nSPS) is 24.5. The number of methoxy groups -OCH3 is 1. The van der Waals surface area contributed by atoms with Gasteiger partial charge in [0.25, 0.3) is 0 Å². The molecule has 0 amide bonds. The van der Waals surface area contributed by atoms with Crippen LogP contribution in [0.1, 0.15) is 25.3 Å². The molecule has 0 radical (unpaired) electrons. The van der Waals surface area contributed by atoms with E-state index in [0.29, 0.717) is 6.42 Å². The topological polar surface area (TPSA) is 26.3 Å². The summed E-state index contributed by atoms with van der Waals surface area (Å²) in [4.78, 5) is 11.2. The number of hydrogen-bond donors (Lipinski definition) is 0. The summed E-state index contributed by atoms with van der Waals surface area (Å²) in [6.07, 6.45) is 5.24. The zero-order valence-electron chi connectivity index (χ0n) is 9.69. The van der Waals surface area contributed by atoms with Gasteiger partial charge in [-0.05, 0) is 30.2 Å². The Kier molecular flexibility index (Phi) is 2.82. The molecule has 16 heavy (non-hydrogen) atoms. The number of hydrogen-bond acceptors (Lipinski definition) is 2. The average Bonchev–Trinajstić information content (AvgIpc) is 2.33. The number of carbonyl (C=O) groups is 1. The van der Waals surface area contributed by atoms with Gasteiger partial charge in [-0.15, -0.1) is 0 Å². The predicted octanol–water partition coefficient (Wildman–Crippen LogP) is 2.87. The van der Waals surface area contributed by atoms with E-state index >= 15 is 0 Å². The highest BCUT2D eigenvalue weighted by Gasteiger charge is 2.27.